The van der Waals surface area contributed by atoms with Gasteiger partial charge in [-0.25, -0.2) is 0 Å². The number of hydrogen-bond acceptors (Lipinski definition) is 2. The summed E-state index contributed by atoms with van der Waals surface area (Å²) in [7, 11) is 0. The monoisotopic (exact) mass is 728 g/mol. The van der Waals surface area contributed by atoms with Crippen molar-refractivity contribution in [3.63, 3.8) is 0 Å². The summed E-state index contributed by atoms with van der Waals surface area (Å²) >= 11 is 0. The maximum atomic E-state index is 2.46. The molecule has 0 atom stereocenters. The lowest BCUT2D eigenvalue weighted by atomic mass is 9.79. The molecule has 2 heteroatoms. The van der Waals surface area contributed by atoms with Gasteiger partial charge in [-0.05, 0) is 115 Å². The molecule has 57 heavy (non-hydrogen) atoms. The van der Waals surface area contributed by atoms with Crippen LogP contribution in [0.4, 0.5) is 34.1 Å². The van der Waals surface area contributed by atoms with Crippen molar-refractivity contribution < 1.29 is 0 Å². The highest BCUT2D eigenvalue weighted by atomic mass is 15.1. The molecule has 270 valence electrons. The fourth-order valence-corrected chi connectivity index (χ4v) is 9.60. The van der Waals surface area contributed by atoms with Crippen LogP contribution in [-0.4, -0.2) is 0 Å². The van der Waals surface area contributed by atoms with E-state index in [4.69, 9.17) is 0 Å². The van der Waals surface area contributed by atoms with Gasteiger partial charge in [-0.3, -0.25) is 0 Å². The Morgan fingerprint density at radius 1 is 0.333 bits per heavy atom. The van der Waals surface area contributed by atoms with Gasteiger partial charge >= 0.3 is 0 Å². The number of fused-ring (bicyclic) bond motifs is 10. The first-order valence-corrected chi connectivity index (χ1v) is 19.9. The van der Waals surface area contributed by atoms with Crippen molar-refractivity contribution in [3.05, 3.63) is 217 Å². The summed E-state index contributed by atoms with van der Waals surface area (Å²) in [5.74, 6) is 0. The molecule has 0 heterocycles. The molecule has 0 spiro atoms. The molecule has 1 aliphatic rings. The highest BCUT2D eigenvalue weighted by Crippen LogP contribution is 2.56. The minimum absolute atomic E-state index is 0.264. The molecule has 10 aromatic rings. The van der Waals surface area contributed by atoms with Crippen molar-refractivity contribution in [2.24, 2.45) is 0 Å². The minimum atomic E-state index is -0.264. The van der Waals surface area contributed by atoms with Gasteiger partial charge in [0.2, 0.25) is 0 Å². The molecule has 0 unspecified atom stereocenters. The third-order valence-corrected chi connectivity index (χ3v) is 12.1. The van der Waals surface area contributed by atoms with E-state index in [0.29, 0.717) is 0 Å². The van der Waals surface area contributed by atoms with Gasteiger partial charge in [0.05, 0.1) is 11.4 Å². The summed E-state index contributed by atoms with van der Waals surface area (Å²) in [6, 6.07) is 75.5. The van der Waals surface area contributed by atoms with E-state index in [9.17, 15) is 0 Å². The number of benzene rings is 10. The summed E-state index contributed by atoms with van der Waals surface area (Å²) in [6.45, 7) is 4.83. The van der Waals surface area contributed by atoms with Crippen LogP contribution in [0.25, 0.3) is 54.2 Å². The van der Waals surface area contributed by atoms with Gasteiger partial charge in [-0.2, -0.15) is 0 Å². The number of hydrogen-bond donors (Lipinski definition) is 0. The highest BCUT2D eigenvalue weighted by molar-refractivity contribution is 6.19. The van der Waals surface area contributed by atoms with Gasteiger partial charge in [0.25, 0.3) is 0 Å². The van der Waals surface area contributed by atoms with E-state index >= 15 is 0 Å². The predicted molar refractivity (Wildman–Crippen MR) is 243 cm³/mol. The Bertz CT molecular complexity index is 3150. The number of nitrogens with zero attached hydrogens (tertiary/aromatic N) is 2. The lowest BCUT2D eigenvalue weighted by Gasteiger charge is -2.29. The molecule has 0 fully saturated rings. The summed E-state index contributed by atoms with van der Waals surface area (Å²) in [6.07, 6.45) is 0. The van der Waals surface area contributed by atoms with Crippen LogP contribution in [0.1, 0.15) is 25.0 Å². The largest absolute Gasteiger partial charge is 0.310 e. The predicted octanol–water partition coefficient (Wildman–Crippen LogP) is 15.5. The van der Waals surface area contributed by atoms with Crippen molar-refractivity contribution in [2.75, 3.05) is 9.80 Å². The standard InChI is InChI=1S/C55H40N2/c1-55(2)50-36-42(57(40-23-7-4-8-24-40)52-30-16-20-38-18-10-12-26-44(38)52)32-34-48(50)53-46-28-14-13-27-45(46)49-35-41(31-33-47(49)54(53)55)56(39-21-5-3-6-22-39)51-29-15-19-37-17-9-11-25-43(37)51/h3-36H,1-2H3. The van der Waals surface area contributed by atoms with Crippen molar-refractivity contribution >= 4 is 77.2 Å². The summed E-state index contributed by atoms with van der Waals surface area (Å²) in [5.41, 5.74) is 12.0. The number of para-hydroxylation sites is 2. The first-order chi connectivity index (χ1) is 28.1. The van der Waals surface area contributed by atoms with Gasteiger partial charge in [0.1, 0.15) is 0 Å². The van der Waals surface area contributed by atoms with E-state index < -0.39 is 0 Å². The van der Waals surface area contributed by atoms with Crippen molar-refractivity contribution in [3.8, 4) is 11.1 Å². The molecule has 0 saturated heterocycles. The lowest BCUT2D eigenvalue weighted by molar-refractivity contribution is 0.666. The van der Waals surface area contributed by atoms with Crippen LogP contribution in [0.3, 0.4) is 0 Å². The molecular formula is C55H40N2. The second-order valence-electron chi connectivity index (χ2n) is 15.7. The Morgan fingerprint density at radius 2 is 0.807 bits per heavy atom. The third-order valence-electron chi connectivity index (χ3n) is 12.1. The van der Waals surface area contributed by atoms with Crippen LogP contribution < -0.4 is 9.80 Å². The third kappa shape index (κ3) is 5.18. The lowest BCUT2D eigenvalue weighted by Crippen LogP contribution is -2.17. The Kier molecular flexibility index (Phi) is 7.55. The SMILES string of the molecule is CC1(C)c2cc(N(c3ccccc3)c3cccc4ccccc34)ccc2-c2c1c1ccc(N(c3ccccc3)c3cccc4ccccc34)cc1c1ccccc21. The van der Waals surface area contributed by atoms with E-state index in [2.05, 4.69) is 230 Å². The normalized spacial score (nSPS) is 12.9. The molecular weight excluding hydrogens is 689 g/mol. The average Bonchev–Trinajstić information content (AvgIpc) is 3.51. The quantitative estimate of drug-likeness (QED) is 0.157. The Hall–Kier alpha value is -7.16. The van der Waals surface area contributed by atoms with E-state index in [1.165, 1.54) is 76.7 Å². The van der Waals surface area contributed by atoms with E-state index in [0.717, 1.165) is 22.7 Å². The molecule has 0 aliphatic heterocycles. The van der Waals surface area contributed by atoms with E-state index in [1.54, 1.807) is 0 Å². The van der Waals surface area contributed by atoms with Gasteiger partial charge in [0.15, 0.2) is 0 Å². The number of rotatable bonds is 6. The fourth-order valence-electron chi connectivity index (χ4n) is 9.60. The second kappa shape index (κ2) is 13.0. The van der Waals surface area contributed by atoms with Gasteiger partial charge in [-0.1, -0.05) is 159 Å². The highest BCUT2D eigenvalue weighted by Gasteiger charge is 2.39. The van der Waals surface area contributed by atoms with Crippen LogP contribution >= 0.6 is 0 Å². The number of anilines is 6. The molecule has 0 N–H and O–H groups in total. The molecule has 0 bridgehead atoms. The molecule has 11 rings (SSSR count). The van der Waals surface area contributed by atoms with Crippen molar-refractivity contribution in [1.82, 2.24) is 0 Å². The van der Waals surface area contributed by atoms with Crippen LogP contribution in [-0.2, 0) is 5.41 Å². The van der Waals surface area contributed by atoms with E-state index in [1.807, 2.05) is 0 Å². The van der Waals surface area contributed by atoms with Gasteiger partial charge in [-0.15, -0.1) is 0 Å². The van der Waals surface area contributed by atoms with Gasteiger partial charge < -0.3 is 9.80 Å². The van der Waals surface area contributed by atoms with Crippen LogP contribution in [0.2, 0.25) is 0 Å². The summed E-state index contributed by atoms with van der Waals surface area (Å²) < 4.78 is 0. The van der Waals surface area contributed by atoms with Crippen LogP contribution in [0.5, 0.6) is 0 Å². The molecule has 0 aromatic heterocycles. The zero-order valence-electron chi connectivity index (χ0n) is 32.0. The molecule has 0 amide bonds. The van der Waals surface area contributed by atoms with Gasteiger partial charge in [0, 0.05) is 38.9 Å². The molecule has 0 saturated carbocycles. The Morgan fingerprint density at radius 3 is 1.40 bits per heavy atom. The second-order valence-corrected chi connectivity index (χ2v) is 15.7. The zero-order chi connectivity index (χ0) is 38.1. The first-order valence-electron chi connectivity index (χ1n) is 19.9. The van der Waals surface area contributed by atoms with Crippen LogP contribution in [0.15, 0.2) is 206 Å². The molecule has 2 nitrogen and oxygen atoms in total. The molecule has 0 radical (unpaired) electrons. The molecule has 10 aromatic carbocycles. The Balaban J connectivity index is 1.13. The maximum absolute atomic E-state index is 2.46. The average molecular weight is 729 g/mol. The summed E-state index contributed by atoms with van der Waals surface area (Å²) in [4.78, 5) is 4.84. The van der Waals surface area contributed by atoms with Crippen molar-refractivity contribution in [2.45, 2.75) is 19.3 Å². The minimum Gasteiger partial charge on any atom is -0.310 e. The maximum Gasteiger partial charge on any atom is 0.0540 e. The van der Waals surface area contributed by atoms with E-state index in [-0.39, 0.29) is 5.41 Å². The van der Waals surface area contributed by atoms with Crippen LogP contribution in [0, 0.1) is 0 Å². The zero-order valence-corrected chi connectivity index (χ0v) is 32.0. The fraction of sp³-hybridized carbons (Fsp3) is 0.0545. The first kappa shape index (κ1) is 33.2. The smallest absolute Gasteiger partial charge is 0.0540 e. The Labute approximate surface area is 333 Å². The summed E-state index contributed by atoms with van der Waals surface area (Å²) in [5, 5.41) is 10.0. The molecule has 1 aliphatic carbocycles. The van der Waals surface area contributed by atoms with Crippen molar-refractivity contribution in [1.29, 1.82) is 0 Å². The topological polar surface area (TPSA) is 6.48 Å².